The molecule has 0 bridgehead atoms. The van der Waals surface area contributed by atoms with Gasteiger partial charge in [-0.05, 0) is 30.7 Å². The highest BCUT2D eigenvalue weighted by Gasteiger charge is 2.24. The van der Waals surface area contributed by atoms with Crippen LogP contribution in [-0.4, -0.2) is 13.0 Å². The number of hydrogen-bond acceptors (Lipinski definition) is 2. The number of fused-ring (bicyclic) bond motifs is 1. The summed E-state index contributed by atoms with van der Waals surface area (Å²) in [7, 11) is 1.61. The maximum atomic E-state index is 12.1. The SMILES string of the molecule is COc1ccc2c(c1)NC(=O)/C2=C/c1ccc(C)cc1. The van der Waals surface area contributed by atoms with Crippen LogP contribution in [0.3, 0.4) is 0 Å². The lowest BCUT2D eigenvalue weighted by atomic mass is 10.0. The van der Waals surface area contributed by atoms with Crippen molar-refractivity contribution in [3.05, 3.63) is 59.2 Å². The number of amides is 1. The minimum absolute atomic E-state index is 0.0752. The first-order valence-electron chi connectivity index (χ1n) is 6.45. The van der Waals surface area contributed by atoms with E-state index in [2.05, 4.69) is 5.32 Å². The van der Waals surface area contributed by atoms with Crippen LogP contribution in [0.5, 0.6) is 5.75 Å². The van der Waals surface area contributed by atoms with Crippen molar-refractivity contribution in [2.45, 2.75) is 6.92 Å². The molecule has 20 heavy (non-hydrogen) atoms. The third-order valence-corrected chi connectivity index (χ3v) is 3.40. The fourth-order valence-electron chi connectivity index (χ4n) is 2.27. The van der Waals surface area contributed by atoms with E-state index in [1.807, 2.05) is 55.5 Å². The van der Waals surface area contributed by atoms with Gasteiger partial charge in [0.2, 0.25) is 0 Å². The number of carbonyl (C=O) groups is 1. The maximum Gasteiger partial charge on any atom is 0.256 e. The molecule has 0 unspecified atom stereocenters. The summed E-state index contributed by atoms with van der Waals surface area (Å²) in [6.45, 7) is 2.04. The number of benzene rings is 2. The van der Waals surface area contributed by atoms with Gasteiger partial charge in [-0.15, -0.1) is 0 Å². The lowest BCUT2D eigenvalue weighted by Crippen LogP contribution is -2.03. The highest BCUT2D eigenvalue weighted by Crippen LogP contribution is 2.35. The molecule has 0 spiro atoms. The van der Waals surface area contributed by atoms with Gasteiger partial charge in [0, 0.05) is 17.2 Å². The molecule has 3 heteroatoms. The summed E-state index contributed by atoms with van der Waals surface area (Å²) in [6, 6.07) is 13.7. The van der Waals surface area contributed by atoms with Crippen molar-refractivity contribution in [3.8, 4) is 5.75 Å². The van der Waals surface area contributed by atoms with Crippen molar-refractivity contribution in [2.24, 2.45) is 0 Å². The molecule has 0 aromatic heterocycles. The Bertz CT molecular complexity index is 699. The van der Waals surface area contributed by atoms with Crippen LogP contribution in [0, 0.1) is 6.92 Å². The lowest BCUT2D eigenvalue weighted by molar-refractivity contribution is -0.110. The normalized spacial score (nSPS) is 15.1. The molecule has 1 aliphatic heterocycles. The Labute approximate surface area is 117 Å². The molecule has 100 valence electrons. The largest absolute Gasteiger partial charge is 0.497 e. The zero-order valence-electron chi connectivity index (χ0n) is 11.4. The predicted octanol–water partition coefficient (Wildman–Crippen LogP) is 3.50. The summed E-state index contributed by atoms with van der Waals surface area (Å²) >= 11 is 0. The Hall–Kier alpha value is -2.55. The van der Waals surface area contributed by atoms with Crippen molar-refractivity contribution in [3.63, 3.8) is 0 Å². The summed E-state index contributed by atoms with van der Waals surface area (Å²) < 4.78 is 5.17. The monoisotopic (exact) mass is 265 g/mol. The van der Waals surface area contributed by atoms with E-state index in [1.165, 1.54) is 5.56 Å². The van der Waals surface area contributed by atoms with Gasteiger partial charge in [0.15, 0.2) is 0 Å². The number of anilines is 1. The summed E-state index contributed by atoms with van der Waals surface area (Å²) in [5.74, 6) is 0.662. The predicted molar refractivity (Wildman–Crippen MR) is 80.7 cm³/mol. The van der Waals surface area contributed by atoms with E-state index in [1.54, 1.807) is 7.11 Å². The molecular formula is C17H15NO2. The van der Waals surface area contributed by atoms with Crippen molar-refractivity contribution in [1.82, 2.24) is 0 Å². The topological polar surface area (TPSA) is 38.3 Å². The molecule has 1 aliphatic rings. The molecule has 0 saturated heterocycles. The van der Waals surface area contributed by atoms with Crippen LogP contribution in [0.2, 0.25) is 0 Å². The first-order chi connectivity index (χ1) is 9.67. The van der Waals surface area contributed by atoms with Crippen LogP contribution in [-0.2, 0) is 4.79 Å². The molecule has 3 rings (SSSR count). The van der Waals surface area contributed by atoms with Crippen LogP contribution in [0.15, 0.2) is 42.5 Å². The molecule has 0 atom stereocenters. The van der Waals surface area contributed by atoms with E-state index in [4.69, 9.17) is 4.74 Å². The van der Waals surface area contributed by atoms with E-state index < -0.39 is 0 Å². The third-order valence-electron chi connectivity index (χ3n) is 3.40. The summed E-state index contributed by atoms with van der Waals surface area (Å²) in [5.41, 5.74) is 4.62. The fraction of sp³-hybridized carbons (Fsp3) is 0.118. The van der Waals surface area contributed by atoms with Crippen molar-refractivity contribution in [1.29, 1.82) is 0 Å². The van der Waals surface area contributed by atoms with Gasteiger partial charge in [-0.3, -0.25) is 4.79 Å². The smallest absolute Gasteiger partial charge is 0.256 e. The summed E-state index contributed by atoms with van der Waals surface area (Å²) in [4.78, 5) is 12.1. The van der Waals surface area contributed by atoms with E-state index in [0.717, 1.165) is 22.6 Å². The van der Waals surface area contributed by atoms with Gasteiger partial charge in [-0.25, -0.2) is 0 Å². The van der Waals surface area contributed by atoms with Gasteiger partial charge in [0.05, 0.1) is 12.8 Å². The van der Waals surface area contributed by atoms with E-state index in [0.29, 0.717) is 5.57 Å². The van der Waals surface area contributed by atoms with Crippen LogP contribution in [0.1, 0.15) is 16.7 Å². The van der Waals surface area contributed by atoms with Gasteiger partial charge >= 0.3 is 0 Å². The molecule has 1 N–H and O–H groups in total. The van der Waals surface area contributed by atoms with Crippen molar-refractivity contribution < 1.29 is 9.53 Å². The average molecular weight is 265 g/mol. The van der Waals surface area contributed by atoms with Gasteiger partial charge < -0.3 is 10.1 Å². The number of rotatable bonds is 2. The fourth-order valence-corrected chi connectivity index (χ4v) is 2.27. The zero-order valence-corrected chi connectivity index (χ0v) is 11.4. The maximum absolute atomic E-state index is 12.1. The van der Waals surface area contributed by atoms with Crippen LogP contribution in [0.4, 0.5) is 5.69 Å². The number of aryl methyl sites for hydroxylation is 1. The first kappa shape index (κ1) is 12.5. The minimum atomic E-state index is -0.0752. The average Bonchev–Trinajstić information content (AvgIpc) is 2.76. The molecule has 3 nitrogen and oxygen atoms in total. The van der Waals surface area contributed by atoms with Gasteiger partial charge in [-0.1, -0.05) is 29.8 Å². The second-order valence-electron chi connectivity index (χ2n) is 4.83. The highest BCUT2D eigenvalue weighted by atomic mass is 16.5. The van der Waals surface area contributed by atoms with Crippen LogP contribution < -0.4 is 10.1 Å². The van der Waals surface area contributed by atoms with Gasteiger partial charge in [0.1, 0.15) is 5.75 Å². The van der Waals surface area contributed by atoms with Gasteiger partial charge in [-0.2, -0.15) is 0 Å². The van der Waals surface area contributed by atoms with Gasteiger partial charge in [0.25, 0.3) is 5.91 Å². The zero-order chi connectivity index (χ0) is 14.1. The number of carbonyl (C=O) groups excluding carboxylic acids is 1. The number of hydrogen-bond donors (Lipinski definition) is 1. The lowest BCUT2D eigenvalue weighted by Gasteiger charge is -2.02. The molecule has 1 heterocycles. The highest BCUT2D eigenvalue weighted by molar-refractivity contribution is 6.35. The Balaban J connectivity index is 2.03. The Kier molecular flexibility index (Phi) is 3.03. The molecular weight excluding hydrogens is 250 g/mol. The van der Waals surface area contributed by atoms with Crippen molar-refractivity contribution >= 4 is 23.2 Å². The molecule has 0 radical (unpaired) electrons. The molecule has 2 aromatic rings. The first-order valence-corrected chi connectivity index (χ1v) is 6.45. The molecule has 1 amide bonds. The molecule has 2 aromatic carbocycles. The Morgan fingerprint density at radius 2 is 1.85 bits per heavy atom. The molecule has 0 saturated carbocycles. The van der Waals surface area contributed by atoms with Crippen molar-refractivity contribution in [2.75, 3.05) is 12.4 Å². The van der Waals surface area contributed by atoms with E-state index >= 15 is 0 Å². The number of methoxy groups -OCH3 is 1. The summed E-state index contributed by atoms with van der Waals surface area (Å²) in [5, 5.41) is 2.87. The van der Waals surface area contributed by atoms with E-state index in [-0.39, 0.29) is 5.91 Å². The molecule has 0 fully saturated rings. The molecule has 0 aliphatic carbocycles. The standard InChI is InChI=1S/C17H15NO2/c1-11-3-5-12(6-4-11)9-15-14-8-7-13(20-2)10-16(14)18-17(15)19/h3-10H,1-2H3,(H,18,19)/b15-9+. The minimum Gasteiger partial charge on any atom is -0.497 e. The summed E-state index contributed by atoms with van der Waals surface area (Å²) in [6.07, 6.45) is 1.91. The Morgan fingerprint density at radius 1 is 1.10 bits per heavy atom. The quantitative estimate of drug-likeness (QED) is 0.844. The second-order valence-corrected chi connectivity index (χ2v) is 4.83. The number of nitrogens with one attached hydrogen (secondary N) is 1. The number of ether oxygens (including phenoxy) is 1. The van der Waals surface area contributed by atoms with Crippen LogP contribution >= 0.6 is 0 Å². The van der Waals surface area contributed by atoms with E-state index in [9.17, 15) is 4.79 Å². The third kappa shape index (κ3) is 2.18. The second kappa shape index (κ2) is 4.85. The van der Waals surface area contributed by atoms with Crippen LogP contribution in [0.25, 0.3) is 11.6 Å². The Morgan fingerprint density at radius 3 is 2.55 bits per heavy atom.